The molecule has 0 saturated carbocycles. The van der Waals surface area contributed by atoms with E-state index in [0.717, 1.165) is 51.9 Å². The first-order chi connectivity index (χ1) is 16.3. The number of rotatable bonds is 10. The number of anilines is 2. The average Bonchev–Trinajstić information content (AvgIpc) is 3.15. The first kappa shape index (κ1) is 24.2. The van der Waals surface area contributed by atoms with Crippen LogP contribution in [0.4, 0.5) is 11.5 Å². The van der Waals surface area contributed by atoms with Crippen molar-refractivity contribution in [3.05, 3.63) is 71.4 Å². The maximum atomic E-state index is 6.08. The lowest BCUT2D eigenvalue weighted by atomic mass is 10.1. The van der Waals surface area contributed by atoms with Gasteiger partial charge in [0.15, 0.2) is 0 Å². The third-order valence-electron chi connectivity index (χ3n) is 5.54. The molecule has 0 fully saturated rings. The molecule has 0 radical (unpaired) electrons. The second-order valence-electron chi connectivity index (χ2n) is 9.43. The van der Waals surface area contributed by atoms with Gasteiger partial charge in [-0.25, -0.2) is 14.6 Å². The first-order valence-corrected chi connectivity index (χ1v) is 15.4. The molecule has 0 amide bonds. The fraction of sp³-hybridized carbons (Fsp3) is 0.320. The number of benzene rings is 1. The van der Waals surface area contributed by atoms with Gasteiger partial charge in [-0.1, -0.05) is 31.2 Å². The van der Waals surface area contributed by atoms with E-state index in [2.05, 4.69) is 40.0 Å². The Hall–Kier alpha value is -2.94. The van der Waals surface area contributed by atoms with Crippen LogP contribution in [0, 0.1) is 6.92 Å². The van der Waals surface area contributed by atoms with Crippen molar-refractivity contribution in [2.24, 2.45) is 0 Å². The minimum absolute atomic E-state index is 0.443. The predicted molar refractivity (Wildman–Crippen MR) is 140 cm³/mol. The Balaban J connectivity index is 1.38. The Bertz CT molecular complexity index is 1250. The van der Waals surface area contributed by atoms with Crippen molar-refractivity contribution in [1.82, 2.24) is 19.7 Å². The highest BCUT2D eigenvalue weighted by Crippen LogP contribution is 2.28. The van der Waals surface area contributed by atoms with Gasteiger partial charge in [0.2, 0.25) is 0 Å². The molecule has 1 aromatic carbocycles. The predicted octanol–water partition coefficient (Wildman–Crippen LogP) is 6.42. The molecule has 0 saturated heterocycles. The Morgan fingerprint density at radius 1 is 1.06 bits per heavy atom. The SMILES string of the molecule is Cc1c(COc2ccc3c(Nc4ccc(Cl)nc4)nccc3c2)cnn1COCC[Si](C)(C)C. The minimum atomic E-state index is -1.09. The van der Waals surface area contributed by atoms with Crippen LogP contribution in [0.25, 0.3) is 10.8 Å². The lowest BCUT2D eigenvalue weighted by Gasteiger charge is -2.15. The highest BCUT2D eigenvalue weighted by Gasteiger charge is 2.13. The standard InChI is InChI=1S/C25H30ClN5O2Si/c1-18-20(14-29-31(18)17-32-11-12-34(2,3)4)16-33-22-6-7-23-19(13-22)9-10-27-25(23)30-21-5-8-24(26)28-15-21/h5-10,13-15H,11-12,16-17H2,1-4H3,(H,27,30). The molecule has 9 heteroatoms. The molecule has 178 valence electrons. The molecule has 1 N–H and O–H groups in total. The van der Waals surface area contributed by atoms with E-state index >= 15 is 0 Å². The number of ether oxygens (including phenoxy) is 2. The zero-order chi connectivity index (χ0) is 24.1. The number of nitrogens with one attached hydrogen (secondary N) is 1. The summed E-state index contributed by atoms with van der Waals surface area (Å²) in [5, 5.41) is 10.2. The zero-order valence-electron chi connectivity index (χ0n) is 20.0. The van der Waals surface area contributed by atoms with Gasteiger partial charge in [-0.2, -0.15) is 5.10 Å². The van der Waals surface area contributed by atoms with Crippen molar-refractivity contribution >= 4 is 42.0 Å². The van der Waals surface area contributed by atoms with E-state index in [0.29, 0.717) is 18.5 Å². The Morgan fingerprint density at radius 2 is 1.91 bits per heavy atom. The highest BCUT2D eigenvalue weighted by atomic mass is 35.5. The van der Waals surface area contributed by atoms with E-state index in [1.54, 1.807) is 18.5 Å². The van der Waals surface area contributed by atoms with Crippen molar-refractivity contribution in [3.8, 4) is 5.75 Å². The van der Waals surface area contributed by atoms with E-state index in [1.165, 1.54) is 0 Å². The van der Waals surface area contributed by atoms with Gasteiger partial charge in [0.05, 0.1) is 18.1 Å². The molecule has 0 atom stereocenters. The van der Waals surface area contributed by atoms with Gasteiger partial charge in [0, 0.05) is 37.5 Å². The molecule has 34 heavy (non-hydrogen) atoms. The van der Waals surface area contributed by atoms with Gasteiger partial charge in [0.25, 0.3) is 0 Å². The Kier molecular flexibility index (Phi) is 7.50. The quantitative estimate of drug-likeness (QED) is 0.155. The number of halogens is 1. The summed E-state index contributed by atoms with van der Waals surface area (Å²) in [6, 6.07) is 12.7. The van der Waals surface area contributed by atoms with Gasteiger partial charge < -0.3 is 14.8 Å². The van der Waals surface area contributed by atoms with Gasteiger partial charge in [-0.3, -0.25) is 0 Å². The Labute approximate surface area is 206 Å². The topological polar surface area (TPSA) is 74.1 Å². The van der Waals surface area contributed by atoms with Crippen LogP contribution < -0.4 is 10.1 Å². The van der Waals surface area contributed by atoms with Gasteiger partial charge in [-0.05, 0) is 54.8 Å². The number of hydrogen-bond donors (Lipinski definition) is 1. The molecule has 0 bridgehead atoms. The lowest BCUT2D eigenvalue weighted by Crippen LogP contribution is -2.22. The van der Waals surface area contributed by atoms with Crippen molar-refractivity contribution < 1.29 is 9.47 Å². The molecule has 0 aliphatic carbocycles. The van der Waals surface area contributed by atoms with Crippen LogP contribution in [0.1, 0.15) is 11.3 Å². The molecule has 4 rings (SSSR count). The Morgan fingerprint density at radius 3 is 2.68 bits per heavy atom. The van der Waals surface area contributed by atoms with Crippen LogP contribution in [-0.4, -0.2) is 34.4 Å². The maximum Gasteiger partial charge on any atom is 0.139 e. The van der Waals surface area contributed by atoms with Crippen LogP contribution in [0.2, 0.25) is 30.8 Å². The average molecular weight is 496 g/mol. The van der Waals surface area contributed by atoms with E-state index in [4.69, 9.17) is 21.1 Å². The molecule has 0 spiro atoms. The second kappa shape index (κ2) is 10.5. The number of nitrogens with zero attached hydrogens (tertiary/aromatic N) is 4. The fourth-order valence-electron chi connectivity index (χ4n) is 3.38. The summed E-state index contributed by atoms with van der Waals surface area (Å²) in [6.45, 7) is 10.8. The third kappa shape index (κ3) is 6.34. The largest absolute Gasteiger partial charge is 0.489 e. The number of hydrogen-bond acceptors (Lipinski definition) is 6. The van der Waals surface area contributed by atoms with Crippen molar-refractivity contribution in [2.45, 2.75) is 45.9 Å². The van der Waals surface area contributed by atoms with E-state index < -0.39 is 8.07 Å². The molecule has 0 aliphatic heterocycles. The van der Waals surface area contributed by atoms with Crippen LogP contribution in [0.5, 0.6) is 5.75 Å². The summed E-state index contributed by atoms with van der Waals surface area (Å²) < 4.78 is 13.8. The summed E-state index contributed by atoms with van der Waals surface area (Å²) in [5.74, 6) is 1.54. The van der Waals surface area contributed by atoms with Gasteiger partial charge in [0.1, 0.15) is 30.1 Å². The van der Waals surface area contributed by atoms with Crippen LogP contribution in [0.3, 0.4) is 0 Å². The smallest absolute Gasteiger partial charge is 0.139 e. The summed E-state index contributed by atoms with van der Waals surface area (Å²) in [5.41, 5.74) is 2.92. The van der Waals surface area contributed by atoms with E-state index in [-0.39, 0.29) is 0 Å². The monoisotopic (exact) mass is 495 g/mol. The van der Waals surface area contributed by atoms with Gasteiger partial charge in [-0.15, -0.1) is 0 Å². The molecule has 3 aromatic heterocycles. The molecule has 0 unspecified atom stereocenters. The lowest BCUT2D eigenvalue weighted by molar-refractivity contribution is 0.0770. The fourth-order valence-corrected chi connectivity index (χ4v) is 4.25. The summed E-state index contributed by atoms with van der Waals surface area (Å²) in [7, 11) is -1.09. The summed E-state index contributed by atoms with van der Waals surface area (Å²) in [4.78, 5) is 8.58. The normalized spacial score (nSPS) is 11.7. The van der Waals surface area contributed by atoms with E-state index in [1.807, 2.05) is 48.1 Å². The van der Waals surface area contributed by atoms with Crippen molar-refractivity contribution in [2.75, 3.05) is 11.9 Å². The van der Waals surface area contributed by atoms with Crippen LogP contribution >= 0.6 is 11.6 Å². The van der Waals surface area contributed by atoms with Gasteiger partial charge >= 0.3 is 0 Å². The summed E-state index contributed by atoms with van der Waals surface area (Å²) >= 11 is 5.88. The third-order valence-corrected chi connectivity index (χ3v) is 7.46. The molecule has 3 heterocycles. The number of pyridine rings is 2. The van der Waals surface area contributed by atoms with Crippen LogP contribution in [0.15, 0.2) is 55.0 Å². The molecular formula is C25H30ClN5O2Si. The van der Waals surface area contributed by atoms with E-state index in [9.17, 15) is 0 Å². The molecule has 4 aromatic rings. The molecular weight excluding hydrogens is 466 g/mol. The minimum Gasteiger partial charge on any atom is -0.489 e. The highest BCUT2D eigenvalue weighted by molar-refractivity contribution is 6.76. The van der Waals surface area contributed by atoms with Crippen LogP contribution in [-0.2, 0) is 18.1 Å². The zero-order valence-corrected chi connectivity index (χ0v) is 21.8. The maximum absolute atomic E-state index is 6.08. The molecule has 7 nitrogen and oxygen atoms in total. The summed E-state index contributed by atoms with van der Waals surface area (Å²) in [6.07, 6.45) is 5.30. The number of fused-ring (bicyclic) bond motifs is 1. The second-order valence-corrected chi connectivity index (χ2v) is 15.4. The molecule has 0 aliphatic rings. The van der Waals surface area contributed by atoms with Crippen molar-refractivity contribution in [1.29, 1.82) is 0 Å². The first-order valence-electron chi connectivity index (χ1n) is 11.3. The van der Waals surface area contributed by atoms with Crippen molar-refractivity contribution in [3.63, 3.8) is 0 Å². The number of aromatic nitrogens is 4.